The Bertz CT molecular complexity index is 1660. The number of carbonyl (C=O) groups excluding carboxylic acids is 1. The summed E-state index contributed by atoms with van der Waals surface area (Å²) < 4.78 is 17.5. The zero-order valence-electron chi connectivity index (χ0n) is 23.0. The Morgan fingerprint density at radius 1 is 1.18 bits per heavy atom. The second kappa shape index (κ2) is 11.0. The second-order valence-electron chi connectivity index (χ2n) is 10.3. The molecule has 1 amide bonds. The van der Waals surface area contributed by atoms with E-state index < -0.39 is 11.5 Å². The molecule has 0 aliphatic carbocycles. The van der Waals surface area contributed by atoms with Gasteiger partial charge in [0.25, 0.3) is 0 Å². The third-order valence-corrected chi connectivity index (χ3v) is 7.62. The Morgan fingerprint density at radius 2 is 1.95 bits per heavy atom. The first-order chi connectivity index (χ1) is 19.2. The number of carbonyl (C=O) groups is 1. The van der Waals surface area contributed by atoms with E-state index in [9.17, 15) is 14.7 Å². The Morgan fingerprint density at radius 3 is 2.65 bits per heavy atom. The van der Waals surface area contributed by atoms with Gasteiger partial charge in [0, 0.05) is 42.2 Å². The van der Waals surface area contributed by atoms with Crippen molar-refractivity contribution in [2.45, 2.75) is 39.7 Å². The molecule has 1 N–H and O–H groups in total. The number of anilines is 1. The minimum absolute atomic E-state index is 0.0376. The summed E-state index contributed by atoms with van der Waals surface area (Å²) >= 11 is 0. The van der Waals surface area contributed by atoms with Crippen molar-refractivity contribution in [2.75, 3.05) is 24.5 Å². The molecule has 3 aromatic carbocycles. The number of nitrogens with zero attached hydrogens (tertiary/aromatic N) is 4. The Hall–Kier alpha value is -4.46. The first-order valence-corrected chi connectivity index (χ1v) is 13.6. The van der Waals surface area contributed by atoms with Gasteiger partial charge in [-0.1, -0.05) is 50.3 Å². The maximum absolute atomic E-state index is 15.9. The summed E-state index contributed by atoms with van der Waals surface area (Å²) in [5.74, 6) is -0.340. The summed E-state index contributed by atoms with van der Waals surface area (Å²) in [6.45, 7) is 10.7. The maximum atomic E-state index is 15.9. The normalized spacial score (nSPS) is 15.4. The van der Waals surface area contributed by atoms with Crippen molar-refractivity contribution < 1.29 is 14.3 Å². The van der Waals surface area contributed by atoms with Crippen LogP contribution in [0.3, 0.4) is 0 Å². The largest absolute Gasteiger partial charge is 0.507 e. The average molecular weight is 541 g/mol. The molecule has 1 aliphatic rings. The van der Waals surface area contributed by atoms with Crippen molar-refractivity contribution in [3.63, 3.8) is 0 Å². The predicted octanol–water partition coefficient (Wildman–Crippen LogP) is 5.38. The van der Waals surface area contributed by atoms with Crippen LogP contribution in [0.5, 0.6) is 5.75 Å². The highest BCUT2D eigenvalue weighted by molar-refractivity contribution is 5.95. The van der Waals surface area contributed by atoms with E-state index >= 15 is 4.39 Å². The van der Waals surface area contributed by atoms with Crippen molar-refractivity contribution in [1.29, 1.82) is 0 Å². The van der Waals surface area contributed by atoms with Crippen LogP contribution in [0.2, 0.25) is 0 Å². The lowest BCUT2D eigenvalue weighted by atomic mass is 9.97. The summed E-state index contributed by atoms with van der Waals surface area (Å²) in [4.78, 5) is 34.3. The molecule has 1 saturated heterocycles. The molecule has 4 aromatic rings. The molecule has 0 unspecified atom stereocenters. The van der Waals surface area contributed by atoms with E-state index in [2.05, 4.69) is 18.5 Å². The number of para-hydroxylation sites is 1. The van der Waals surface area contributed by atoms with Crippen molar-refractivity contribution in [3.8, 4) is 22.6 Å². The minimum atomic E-state index is -0.527. The van der Waals surface area contributed by atoms with Gasteiger partial charge in [0.1, 0.15) is 17.4 Å². The van der Waals surface area contributed by atoms with Gasteiger partial charge >= 0.3 is 5.69 Å². The van der Waals surface area contributed by atoms with Gasteiger partial charge in [0.05, 0.1) is 11.2 Å². The van der Waals surface area contributed by atoms with Gasteiger partial charge in [-0.05, 0) is 61.7 Å². The fourth-order valence-corrected chi connectivity index (χ4v) is 5.69. The van der Waals surface area contributed by atoms with E-state index in [1.165, 1.54) is 18.2 Å². The molecule has 0 spiro atoms. The Kier molecular flexibility index (Phi) is 7.43. The molecule has 1 aromatic heterocycles. The topological polar surface area (TPSA) is 78.7 Å². The molecule has 7 nitrogen and oxygen atoms in total. The minimum Gasteiger partial charge on any atom is -0.507 e. The zero-order chi connectivity index (χ0) is 28.6. The molecule has 0 bridgehead atoms. The number of aromatic nitrogens is 2. The number of amides is 1. The molecule has 206 valence electrons. The van der Waals surface area contributed by atoms with Gasteiger partial charge in [0.15, 0.2) is 0 Å². The van der Waals surface area contributed by atoms with E-state index in [0.29, 0.717) is 53.2 Å². The molecule has 1 fully saturated rings. The van der Waals surface area contributed by atoms with E-state index in [-0.39, 0.29) is 23.3 Å². The van der Waals surface area contributed by atoms with Gasteiger partial charge in [-0.3, -0.25) is 9.36 Å². The summed E-state index contributed by atoms with van der Waals surface area (Å²) in [5.41, 5.74) is 2.99. The van der Waals surface area contributed by atoms with Crippen LogP contribution in [0.1, 0.15) is 31.4 Å². The molecule has 2 heterocycles. The van der Waals surface area contributed by atoms with Crippen LogP contribution < -0.4 is 10.6 Å². The number of aromatic hydroxyl groups is 1. The highest BCUT2D eigenvalue weighted by atomic mass is 19.1. The van der Waals surface area contributed by atoms with Crippen LogP contribution in [-0.2, 0) is 11.2 Å². The van der Waals surface area contributed by atoms with Crippen molar-refractivity contribution >= 4 is 22.6 Å². The number of fused-ring (bicyclic) bond motifs is 1. The van der Waals surface area contributed by atoms with Crippen molar-refractivity contribution in [2.24, 2.45) is 0 Å². The van der Waals surface area contributed by atoms with Crippen LogP contribution in [0, 0.1) is 12.7 Å². The molecule has 1 aliphatic heterocycles. The van der Waals surface area contributed by atoms with Crippen LogP contribution in [0.25, 0.3) is 27.7 Å². The molecular formula is C32H33FN4O3. The van der Waals surface area contributed by atoms with Gasteiger partial charge < -0.3 is 14.9 Å². The fourth-order valence-electron chi connectivity index (χ4n) is 5.69. The summed E-state index contributed by atoms with van der Waals surface area (Å²) in [6.07, 6.45) is 2.94. The van der Waals surface area contributed by atoms with Crippen molar-refractivity contribution in [1.82, 2.24) is 14.5 Å². The monoisotopic (exact) mass is 540 g/mol. The van der Waals surface area contributed by atoms with E-state index in [4.69, 9.17) is 0 Å². The smallest absolute Gasteiger partial charge is 0.354 e. The first kappa shape index (κ1) is 27.1. The van der Waals surface area contributed by atoms with Gasteiger partial charge in [-0.15, -0.1) is 0 Å². The lowest BCUT2D eigenvalue weighted by Gasteiger charge is -2.40. The first-order valence-electron chi connectivity index (χ1n) is 13.6. The van der Waals surface area contributed by atoms with Crippen molar-refractivity contribution in [3.05, 3.63) is 94.7 Å². The highest BCUT2D eigenvalue weighted by Crippen LogP contribution is 2.38. The lowest BCUT2D eigenvalue weighted by molar-refractivity contribution is -0.126. The SMILES string of the molecule is C=CC(=O)N1CCN(c2nc(=O)n(-c3ccccc3CCC)c3cc(-c4c(C)cccc4O)c(F)cc23)[C@@H](C)C1. The summed E-state index contributed by atoms with van der Waals surface area (Å²) in [7, 11) is 0. The Labute approximate surface area is 232 Å². The molecule has 40 heavy (non-hydrogen) atoms. The van der Waals surface area contributed by atoms with Gasteiger partial charge in [-0.25, -0.2) is 9.18 Å². The summed E-state index contributed by atoms with van der Waals surface area (Å²) in [5, 5.41) is 11.2. The maximum Gasteiger partial charge on any atom is 0.354 e. The van der Waals surface area contributed by atoms with E-state index in [0.717, 1.165) is 18.4 Å². The number of hydrogen-bond donors (Lipinski definition) is 1. The molecule has 5 rings (SSSR count). The number of rotatable bonds is 6. The quantitative estimate of drug-likeness (QED) is 0.332. The number of halogens is 1. The van der Waals surface area contributed by atoms with Gasteiger partial charge in [0.2, 0.25) is 5.91 Å². The predicted molar refractivity (Wildman–Crippen MR) is 157 cm³/mol. The number of piperazine rings is 1. The van der Waals surface area contributed by atoms with E-state index in [1.807, 2.05) is 49.1 Å². The number of aryl methyl sites for hydroxylation is 2. The summed E-state index contributed by atoms with van der Waals surface area (Å²) in [6, 6.07) is 15.6. The third-order valence-electron chi connectivity index (χ3n) is 7.62. The number of phenols is 1. The fraction of sp³-hybridized carbons (Fsp3) is 0.281. The molecule has 0 radical (unpaired) electrons. The van der Waals surface area contributed by atoms with Crippen LogP contribution in [0.15, 0.2) is 72.0 Å². The number of phenolic OH excluding ortho intramolecular Hbond substituents is 1. The third kappa shape index (κ3) is 4.74. The van der Waals surface area contributed by atoms with Crippen LogP contribution in [0.4, 0.5) is 10.2 Å². The standard InChI is InChI=1S/C32H33FN4O3/c1-5-10-22-12-7-8-13-26(22)37-27-18-23(30-20(3)11-9-14-28(30)38)25(33)17-24(27)31(34-32(37)40)36-16-15-35(19-21(36)4)29(39)6-2/h6-9,11-14,17-18,21,38H,2,5,10,15-16,19H2,1,3-4H3/t21-/m0/s1. The molecular weight excluding hydrogens is 507 g/mol. The molecule has 1 atom stereocenters. The second-order valence-corrected chi connectivity index (χ2v) is 10.3. The van der Waals surface area contributed by atoms with Crippen LogP contribution >= 0.6 is 0 Å². The average Bonchev–Trinajstić information content (AvgIpc) is 2.93. The molecule has 0 saturated carbocycles. The zero-order valence-corrected chi connectivity index (χ0v) is 23.0. The number of hydrogen-bond acceptors (Lipinski definition) is 5. The lowest BCUT2D eigenvalue weighted by Crippen LogP contribution is -2.54. The Balaban J connectivity index is 1.79. The van der Waals surface area contributed by atoms with E-state index in [1.54, 1.807) is 21.6 Å². The highest BCUT2D eigenvalue weighted by Gasteiger charge is 2.30. The van der Waals surface area contributed by atoms with Gasteiger partial charge in [-0.2, -0.15) is 4.98 Å². The van der Waals surface area contributed by atoms with Crippen LogP contribution in [-0.4, -0.2) is 51.1 Å². The number of benzene rings is 3. The molecule has 8 heteroatoms.